The van der Waals surface area contributed by atoms with Crippen LogP contribution in [0.25, 0.3) is 0 Å². The molecule has 60 valence electrons. The van der Waals surface area contributed by atoms with Crippen LogP contribution in [-0.2, 0) is 0 Å². The van der Waals surface area contributed by atoms with Crippen molar-refractivity contribution < 1.29 is 0 Å². The Balaban J connectivity index is 2.78. The minimum Gasteiger partial charge on any atom is -0.396 e. The third-order valence-electron chi connectivity index (χ3n) is 1.26. The summed E-state index contributed by atoms with van der Waals surface area (Å²) in [5.74, 6) is 0.766. The van der Waals surface area contributed by atoms with Gasteiger partial charge in [-0.25, -0.2) is 4.98 Å². The van der Waals surface area contributed by atoms with E-state index in [1.54, 1.807) is 6.20 Å². The van der Waals surface area contributed by atoms with Crippen molar-refractivity contribution in [3.05, 3.63) is 18.3 Å². The second kappa shape index (κ2) is 3.23. The Morgan fingerprint density at radius 3 is 2.82 bits per heavy atom. The summed E-state index contributed by atoms with van der Waals surface area (Å²) >= 11 is 0. The van der Waals surface area contributed by atoms with Gasteiger partial charge in [0.15, 0.2) is 0 Å². The standard InChI is InChI=1S/C8H13N3/c1-6(2)11-8-7(9)4-3-5-10-8/h3-6H,9H2,1-2H3,(H,10,11). The third-order valence-corrected chi connectivity index (χ3v) is 1.26. The SMILES string of the molecule is CC(C)Nc1ncccc1N. The van der Waals surface area contributed by atoms with Gasteiger partial charge in [-0.1, -0.05) is 0 Å². The molecule has 1 aromatic rings. The van der Waals surface area contributed by atoms with Gasteiger partial charge in [0.25, 0.3) is 0 Å². The van der Waals surface area contributed by atoms with Crippen molar-refractivity contribution in [1.29, 1.82) is 0 Å². The van der Waals surface area contributed by atoms with E-state index < -0.39 is 0 Å². The minimum atomic E-state index is 0.368. The van der Waals surface area contributed by atoms with E-state index in [4.69, 9.17) is 5.73 Å². The van der Waals surface area contributed by atoms with Crippen LogP contribution in [0, 0.1) is 0 Å². The van der Waals surface area contributed by atoms with E-state index in [-0.39, 0.29) is 0 Å². The molecule has 0 aromatic carbocycles. The number of anilines is 2. The molecule has 0 saturated heterocycles. The zero-order valence-corrected chi connectivity index (χ0v) is 6.83. The molecule has 0 amide bonds. The van der Waals surface area contributed by atoms with Crippen LogP contribution in [-0.4, -0.2) is 11.0 Å². The molecule has 0 aliphatic heterocycles. The maximum absolute atomic E-state index is 5.64. The summed E-state index contributed by atoms with van der Waals surface area (Å²) < 4.78 is 0. The van der Waals surface area contributed by atoms with Gasteiger partial charge in [-0.2, -0.15) is 0 Å². The number of hydrogen-bond acceptors (Lipinski definition) is 3. The highest BCUT2D eigenvalue weighted by Gasteiger charge is 1.98. The van der Waals surface area contributed by atoms with Crippen molar-refractivity contribution in [1.82, 2.24) is 4.98 Å². The van der Waals surface area contributed by atoms with Crippen molar-refractivity contribution >= 4 is 11.5 Å². The molecule has 1 rings (SSSR count). The van der Waals surface area contributed by atoms with Crippen LogP contribution in [0.2, 0.25) is 0 Å². The van der Waals surface area contributed by atoms with Gasteiger partial charge in [0.1, 0.15) is 5.82 Å². The Morgan fingerprint density at radius 1 is 1.55 bits per heavy atom. The van der Waals surface area contributed by atoms with Gasteiger partial charge in [-0.3, -0.25) is 0 Å². The lowest BCUT2D eigenvalue weighted by Crippen LogP contribution is -2.12. The van der Waals surface area contributed by atoms with Crippen molar-refractivity contribution in [2.75, 3.05) is 11.1 Å². The number of hydrogen-bond donors (Lipinski definition) is 2. The summed E-state index contributed by atoms with van der Waals surface area (Å²) in [5, 5.41) is 3.14. The molecule has 0 fully saturated rings. The quantitative estimate of drug-likeness (QED) is 0.673. The molecule has 0 aliphatic rings. The Kier molecular flexibility index (Phi) is 2.31. The number of nitrogens with two attached hydrogens (primary N) is 1. The smallest absolute Gasteiger partial charge is 0.149 e. The number of nitrogens with one attached hydrogen (secondary N) is 1. The number of nitrogen functional groups attached to an aromatic ring is 1. The summed E-state index contributed by atoms with van der Waals surface area (Å²) in [5.41, 5.74) is 6.34. The Bertz CT molecular complexity index is 233. The summed E-state index contributed by atoms with van der Waals surface area (Å²) in [6.45, 7) is 4.10. The molecule has 3 nitrogen and oxygen atoms in total. The van der Waals surface area contributed by atoms with E-state index in [1.165, 1.54) is 0 Å². The first kappa shape index (κ1) is 7.85. The van der Waals surface area contributed by atoms with E-state index in [0.29, 0.717) is 11.7 Å². The minimum absolute atomic E-state index is 0.368. The lowest BCUT2D eigenvalue weighted by molar-refractivity contribution is 0.890. The normalized spacial score (nSPS) is 10.1. The van der Waals surface area contributed by atoms with E-state index in [1.807, 2.05) is 26.0 Å². The largest absolute Gasteiger partial charge is 0.396 e. The number of aromatic nitrogens is 1. The van der Waals surface area contributed by atoms with Crippen molar-refractivity contribution in [3.8, 4) is 0 Å². The topological polar surface area (TPSA) is 50.9 Å². The van der Waals surface area contributed by atoms with E-state index in [0.717, 1.165) is 5.82 Å². The highest BCUT2D eigenvalue weighted by atomic mass is 15.0. The molecule has 0 atom stereocenters. The first-order valence-corrected chi connectivity index (χ1v) is 3.67. The second-order valence-corrected chi connectivity index (χ2v) is 2.74. The van der Waals surface area contributed by atoms with Gasteiger partial charge in [0.2, 0.25) is 0 Å². The highest BCUT2D eigenvalue weighted by molar-refractivity contribution is 5.60. The number of rotatable bonds is 2. The molecule has 0 saturated carbocycles. The van der Waals surface area contributed by atoms with Crippen molar-refractivity contribution in [2.24, 2.45) is 0 Å². The molecule has 3 N–H and O–H groups in total. The number of nitrogens with zero attached hydrogens (tertiary/aromatic N) is 1. The zero-order valence-electron chi connectivity index (χ0n) is 6.83. The molecule has 0 aliphatic carbocycles. The van der Waals surface area contributed by atoms with E-state index in [9.17, 15) is 0 Å². The van der Waals surface area contributed by atoms with Gasteiger partial charge in [0.05, 0.1) is 5.69 Å². The van der Waals surface area contributed by atoms with Gasteiger partial charge in [0, 0.05) is 12.2 Å². The molecule has 0 spiro atoms. The van der Waals surface area contributed by atoms with Crippen LogP contribution < -0.4 is 11.1 Å². The molecule has 0 bridgehead atoms. The summed E-state index contributed by atoms with van der Waals surface area (Å²) in [4.78, 5) is 4.08. The first-order chi connectivity index (χ1) is 5.20. The van der Waals surface area contributed by atoms with Gasteiger partial charge in [-0.05, 0) is 26.0 Å². The lowest BCUT2D eigenvalue weighted by atomic mass is 10.3. The predicted octanol–water partition coefficient (Wildman–Crippen LogP) is 1.48. The monoisotopic (exact) mass is 151 g/mol. The molecular formula is C8H13N3. The summed E-state index contributed by atoms with van der Waals surface area (Å²) in [6, 6.07) is 4.02. The maximum Gasteiger partial charge on any atom is 0.149 e. The van der Waals surface area contributed by atoms with Crippen LogP contribution in [0.4, 0.5) is 11.5 Å². The molecule has 1 aromatic heterocycles. The van der Waals surface area contributed by atoms with Crippen LogP contribution in [0.5, 0.6) is 0 Å². The fourth-order valence-corrected chi connectivity index (χ4v) is 0.812. The van der Waals surface area contributed by atoms with Gasteiger partial charge in [-0.15, -0.1) is 0 Å². The maximum atomic E-state index is 5.64. The third kappa shape index (κ3) is 2.11. The zero-order chi connectivity index (χ0) is 8.27. The highest BCUT2D eigenvalue weighted by Crippen LogP contribution is 2.13. The Hall–Kier alpha value is -1.25. The lowest BCUT2D eigenvalue weighted by Gasteiger charge is -2.09. The molecule has 0 unspecified atom stereocenters. The Labute approximate surface area is 66.6 Å². The molecule has 3 heteroatoms. The average molecular weight is 151 g/mol. The fourth-order valence-electron chi connectivity index (χ4n) is 0.812. The second-order valence-electron chi connectivity index (χ2n) is 2.74. The molecule has 1 heterocycles. The molecular weight excluding hydrogens is 138 g/mol. The average Bonchev–Trinajstić information content (AvgIpc) is 1.93. The van der Waals surface area contributed by atoms with Crippen LogP contribution in [0.3, 0.4) is 0 Å². The van der Waals surface area contributed by atoms with Gasteiger partial charge >= 0.3 is 0 Å². The van der Waals surface area contributed by atoms with Crippen molar-refractivity contribution in [2.45, 2.75) is 19.9 Å². The number of pyridine rings is 1. The summed E-state index contributed by atoms with van der Waals surface area (Å²) in [7, 11) is 0. The van der Waals surface area contributed by atoms with E-state index in [2.05, 4.69) is 10.3 Å². The van der Waals surface area contributed by atoms with Crippen LogP contribution in [0.1, 0.15) is 13.8 Å². The molecule has 0 radical (unpaired) electrons. The van der Waals surface area contributed by atoms with Gasteiger partial charge < -0.3 is 11.1 Å². The van der Waals surface area contributed by atoms with Crippen LogP contribution >= 0.6 is 0 Å². The predicted molar refractivity (Wildman–Crippen MR) is 47.4 cm³/mol. The van der Waals surface area contributed by atoms with Crippen molar-refractivity contribution in [3.63, 3.8) is 0 Å². The Morgan fingerprint density at radius 2 is 2.27 bits per heavy atom. The van der Waals surface area contributed by atoms with Crippen LogP contribution in [0.15, 0.2) is 18.3 Å². The fraction of sp³-hybridized carbons (Fsp3) is 0.375. The van der Waals surface area contributed by atoms with E-state index >= 15 is 0 Å². The molecule has 11 heavy (non-hydrogen) atoms. The summed E-state index contributed by atoms with van der Waals surface area (Å²) in [6.07, 6.45) is 1.72. The first-order valence-electron chi connectivity index (χ1n) is 3.67.